The van der Waals surface area contributed by atoms with Crippen LogP contribution in [0.4, 0.5) is 4.39 Å². The standard InChI is InChI=1S/C11H9BrClFN2O/c1-16-10(6(12)5-15-16)11(17)9-7(13)3-2-4-8(9)14/h2-5,11,17H,1H3. The molecule has 1 heterocycles. The van der Waals surface area contributed by atoms with Crippen molar-refractivity contribution >= 4 is 27.5 Å². The summed E-state index contributed by atoms with van der Waals surface area (Å²) in [6.45, 7) is 0. The minimum atomic E-state index is -1.16. The quantitative estimate of drug-likeness (QED) is 0.924. The molecule has 90 valence electrons. The lowest BCUT2D eigenvalue weighted by molar-refractivity contribution is 0.204. The van der Waals surface area contributed by atoms with E-state index in [-0.39, 0.29) is 10.6 Å². The summed E-state index contributed by atoms with van der Waals surface area (Å²) in [6.07, 6.45) is 0.374. The van der Waals surface area contributed by atoms with Crippen molar-refractivity contribution in [1.29, 1.82) is 0 Å². The molecule has 1 N–H and O–H groups in total. The summed E-state index contributed by atoms with van der Waals surface area (Å²) in [7, 11) is 1.66. The lowest BCUT2D eigenvalue weighted by Gasteiger charge is -2.14. The first kappa shape index (κ1) is 12.5. The van der Waals surface area contributed by atoms with E-state index in [4.69, 9.17) is 11.6 Å². The Morgan fingerprint density at radius 1 is 1.53 bits per heavy atom. The van der Waals surface area contributed by atoms with E-state index >= 15 is 0 Å². The van der Waals surface area contributed by atoms with E-state index in [1.807, 2.05) is 0 Å². The molecule has 0 fully saturated rings. The molecule has 0 saturated carbocycles. The van der Waals surface area contributed by atoms with Gasteiger partial charge in [0.2, 0.25) is 0 Å². The maximum Gasteiger partial charge on any atom is 0.130 e. The van der Waals surface area contributed by atoms with E-state index in [9.17, 15) is 9.50 Å². The second-order valence-electron chi connectivity index (χ2n) is 3.54. The van der Waals surface area contributed by atoms with Crippen LogP contribution in [0.5, 0.6) is 0 Å². The van der Waals surface area contributed by atoms with Gasteiger partial charge in [0.15, 0.2) is 0 Å². The summed E-state index contributed by atoms with van der Waals surface area (Å²) in [5.74, 6) is -0.543. The summed E-state index contributed by atoms with van der Waals surface area (Å²) < 4.78 is 15.7. The van der Waals surface area contributed by atoms with Crippen LogP contribution in [0.2, 0.25) is 5.02 Å². The molecular weight excluding hydrogens is 310 g/mol. The van der Waals surface area contributed by atoms with Crippen LogP contribution >= 0.6 is 27.5 Å². The molecule has 1 aromatic heterocycles. The molecule has 3 nitrogen and oxygen atoms in total. The van der Waals surface area contributed by atoms with Crippen LogP contribution in [0.15, 0.2) is 28.9 Å². The third kappa shape index (κ3) is 2.22. The zero-order valence-electron chi connectivity index (χ0n) is 8.86. The molecule has 17 heavy (non-hydrogen) atoms. The second-order valence-corrected chi connectivity index (χ2v) is 4.80. The van der Waals surface area contributed by atoms with E-state index in [1.165, 1.54) is 29.1 Å². The molecule has 0 aliphatic rings. The monoisotopic (exact) mass is 318 g/mol. The maximum absolute atomic E-state index is 13.7. The second kappa shape index (κ2) is 4.76. The van der Waals surface area contributed by atoms with Crippen LogP contribution < -0.4 is 0 Å². The van der Waals surface area contributed by atoms with Crippen molar-refractivity contribution in [1.82, 2.24) is 9.78 Å². The lowest BCUT2D eigenvalue weighted by atomic mass is 10.1. The summed E-state index contributed by atoms with van der Waals surface area (Å²) >= 11 is 9.16. The van der Waals surface area contributed by atoms with Crippen molar-refractivity contribution in [2.45, 2.75) is 6.10 Å². The number of halogens is 3. The third-order valence-electron chi connectivity index (χ3n) is 2.47. The molecule has 0 aliphatic carbocycles. The van der Waals surface area contributed by atoms with E-state index < -0.39 is 11.9 Å². The van der Waals surface area contributed by atoms with Gasteiger partial charge in [-0.15, -0.1) is 0 Å². The molecule has 6 heteroatoms. The number of benzene rings is 1. The van der Waals surface area contributed by atoms with Gasteiger partial charge < -0.3 is 5.11 Å². The number of aryl methyl sites for hydroxylation is 1. The van der Waals surface area contributed by atoms with Gasteiger partial charge in [0.25, 0.3) is 0 Å². The highest BCUT2D eigenvalue weighted by molar-refractivity contribution is 9.10. The first-order valence-electron chi connectivity index (χ1n) is 4.81. The number of hydrogen-bond donors (Lipinski definition) is 1. The van der Waals surface area contributed by atoms with Crippen molar-refractivity contribution in [3.05, 3.63) is 51.0 Å². The first-order chi connectivity index (χ1) is 8.02. The van der Waals surface area contributed by atoms with E-state index in [0.717, 1.165) is 0 Å². The Kier molecular flexibility index (Phi) is 3.51. The Morgan fingerprint density at radius 2 is 2.24 bits per heavy atom. The van der Waals surface area contributed by atoms with Gasteiger partial charge in [-0.25, -0.2) is 4.39 Å². The molecule has 0 aliphatic heterocycles. The zero-order chi connectivity index (χ0) is 12.6. The molecule has 1 atom stereocenters. The average Bonchev–Trinajstić information content (AvgIpc) is 2.58. The summed E-state index contributed by atoms with van der Waals surface area (Å²) in [5.41, 5.74) is 0.510. The molecular formula is C11H9BrClFN2O. The number of rotatable bonds is 2. The Hall–Kier alpha value is -0.910. The number of aliphatic hydroxyl groups excluding tert-OH is 1. The zero-order valence-corrected chi connectivity index (χ0v) is 11.2. The Bertz CT molecular complexity index is 519. The molecule has 2 aromatic rings. The summed E-state index contributed by atoms with van der Waals surface area (Å²) in [5, 5.41) is 14.3. The van der Waals surface area contributed by atoms with Crippen molar-refractivity contribution in [2.75, 3.05) is 0 Å². The van der Waals surface area contributed by atoms with Gasteiger partial charge >= 0.3 is 0 Å². The predicted molar refractivity (Wildman–Crippen MR) is 66.4 cm³/mol. The number of aliphatic hydroxyl groups is 1. The van der Waals surface area contributed by atoms with E-state index in [2.05, 4.69) is 21.0 Å². The minimum absolute atomic E-state index is 0.0541. The van der Waals surface area contributed by atoms with Gasteiger partial charge in [-0.1, -0.05) is 17.7 Å². The smallest absolute Gasteiger partial charge is 0.130 e. The molecule has 1 aromatic carbocycles. The van der Waals surface area contributed by atoms with Gasteiger partial charge in [-0.2, -0.15) is 5.10 Å². The maximum atomic E-state index is 13.7. The SMILES string of the molecule is Cn1ncc(Br)c1C(O)c1c(F)cccc1Cl. The van der Waals surface area contributed by atoms with Crippen LogP contribution in [0.1, 0.15) is 17.4 Å². The van der Waals surface area contributed by atoms with Gasteiger partial charge in [0.05, 0.1) is 16.4 Å². The largest absolute Gasteiger partial charge is 0.382 e. The minimum Gasteiger partial charge on any atom is -0.382 e. The van der Waals surface area contributed by atoms with Crippen molar-refractivity contribution in [3.63, 3.8) is 0 Å². The first-order valence-corrected chi connectivity index (χ1v) is 5.99. The van der Waals surface area contributed by atoms with Crippen LogP contribution in [0.25, 0.3) is 0 Å². The van der Waals surface area contributed by atoms with Crippen LogP contribution in [-0.2, 0) is 7.05 Å². The van der Waals surface area contributed by atoms with Crippen molar-refractivity contribution in [2.24, 2.45) is 7.05 Å². The molecule has 0 radical (unpaired) electrons. The summed E-state index contributed by atoms with van der Waals surface area (Å²) in [4.78, 5) is 0. The Balaban J connectivity index is 2.55. The topological polar surface area (TPSA) is 38.0 Å². The highest BCUT2D eigenvalue weighted by atomic mass is 79.9. The lowest BCUT2D eigenvalue weighted by Crippen LogP contribution is -2.09. The number of nitrogens with zero attached hydrogens (tertiary/aromatic N) is 2. The summed E-state index contributed by atoms with van der Waals surface area (Å²) in [6, 6.07) is 4.29. The van der Waals surface area contributed by atoms with Crippen LogP contribution in [0, 0.1) is 5.82 Å². The van der Waals surface area contributed by atoms with Gasteiger partial charge in [0, 0.05) is 17.6 Å². The molecule has 0 spiro atoms. The number of aromatic nitrogens is 2. The predicted octanol–water partition coefficient (Wildman–Crippen LogP) is 3.06. The third-order valence-corrected chi connectivity index (χ3v) is 3.41. The highest BCUT2D eigenvalue weighted by Gasteiger charge is 2.23. The average molecular weight is 320 g/mol. The Morgan fingerprint density at radius 3 is 2.76 bits per heavy atom. The number of hydrogen-bond acceptors (Lipinski definition) is 2. The fourth-order valence-corrected chi connectivity index (χ4v) is 2.47. The van der Waals surface area contributed by atoms with Gasteiger partial charge in [0.1, 0.15) is 11.9 Å². The molecule has 2 rings (SSSR count). The van der Waals surface area contributed by atoms with E-state index in [0.29, 0.717) is 10.2 Å². The van der Waals surface area contributed by atoms with Crippen molar-refractivity contribution in [3.8, 4) is 0 Å². The fraction of sp³-hybridized carbons (Fsp3) is 0.182. The normalized spacial score (nSPS) is 12.8. The van der Waals surface area contributed by atoms with Gasteiger partial charge in [-0.3, -0.25) is 4.68 Å². The van der Waals surface area contributed by atoms with Crippen LogP contribution in [0.3, 0.4) is 0 Å². The fourth-order valence-electron chi connectivity index (χ4n) is 1.64. The Labute approximate surface area is 111 Å². The van der Waals surface area contributed by atoms with Crippen LogP contribution in [-0.4, -0.2) is 14.9 Å². The molecule has 0 saturated heterocycles. The highest BCUT2D eigenvalue weighted by Crippen LogP contribution is 2.33. The molecule has 0 amide bonds. The molecule has 0 bridgehead atoms. The molecule has 1 unspecified atom stereocenters. The van der Waals surface area contributed by atoms with E-state index in [1.54, 1.807) is 7.05 Å². The van der Waals surface area contributed by atoms with Crippen molar-refractivity contribution < 1.29 is 9.50 Å². The van der Waals surface area contributed by atoms with Gasteiger partial charge in [-0.05, 0) is 28.1 Å².